The number of benzene rings is 1. The average molecular weight is 267 g/mol. The molecule has 2 aromatic rings. The van der Waals surface area contributed by atoms with Crippen LogP contribution < -0.4 is 0 Å². The van der Waals surface area contributed by atoms with Crippen LogP contribution in [-0.2, 0) is 11.2 Å². The third kappa shape index (κ3) is 3.08. The summed E-state index contributed by atoms with van der Waals surface area (Å²) in [6.45, 7) is 0. The Morgan fingerprint density at radius 2 is 2.18 bits per heavy atom. The largest absolute Gasteiger partial charge is 0.481 e. The van der Waals surface area contributed by atoms with Gasteiger partial charge in [-0.2, -0.15) is 0 Å². The van der Waals surface area contributed by atoms with Crippen molar-refractivity contribution >= 4 is 28.9 Å². The smallest absolute Gasteiger partial charge is 0.303 e. The summed E-state index contributed by atoms with van der Waals surface area (Å²) in [5, 5.41) is 11.4. The molecular formula is C13H11ClO2S. The van der Waals surface area contributed by atoms with Crippen molar-refractivity contribution in [2.45, 2.75) is 12.8 Å². The van der Waals surface area contributed by atoms with Gasteiger partial charge in [-0.05, 0) is 35.6 Å². The Hall–Kier alpha value is -1.32. The van der Waals surface area contributed by atoms with Gasteiger partial charge in [0.25, 0.3) is 0 Å². The molecule has 0 fully saturated rings. The molecule has 0 saturated carbocycles. The number of aryl methyl sites for hydroxylation is 1. The molecule has 0 amide bonds. The summed E-state index contributed by atoms with van der Waals surface area (Å²) in [5.41, 5.74) is 1.98. The molecule has 0 aliphatic carbocycles. The van der Waals surface area contributed by atoms with Gasteiger partial charge in [-0.15, -0.1) is 11.3 Å². The highest BCUT2D eigenvalue weighted by atomic mass is 35.5. The van der Waals surface area contributed by atoms with Gasteiger partial charge in [0.05, 0.1) is 0 Å². The number of rotatable bonds is 4. The molecule has 1 N–H and O–H groups in total. The fraction of sp³-hybridized carbons (Fsp3) is 0.154. The number of hydrogen-bond donors (Lipinski definition) is 1. The molecular weight excluding hydrogens is 256 g/mol. The number of thiophene rings is 1. The van der Waals surface area contributed by atoms with Crippen LogP contribution in [0.2, 0.25) is 5.02 Å². The van der Waals surface area contributed by atoms with Crippen LogP contribution in [0.15, 0.2) is 35.7 Å². The molecule has 0 atom stereocenters. The second kappa shape index (κ2) is 5.34. The molecule has 1 aromatic heterocycles. The van der Waals surface area contributed by atoms with Gasteiger partial charge >= 0.3 is 5.97 Å². The van der Waals surface area contributed by atoms with E-state index in [-0.39, 0.29) is 6.42 Å². The van der Waals surface area contributed by atoms with Crippen molar-refractivity contribution in [1.82, 2.24) is 0 Å². The molecule has 0 saturated heterocycles. The standard InChI is InChI=1S/C13H11ClO2S/c14-11-5-3-9(4-6-13(15)16)8-10(11)12-2-1-7-17-12/h1-3,5,7-8H,4,6H2,(H,15,16). The van der Waals surface area contributed by atoms with Gasteiger partial charge in [0.2, 0.25) is 0 Å². The molecule has 0 aliphatic heterocycles. The Morgan fingerprint density at radius 1 is 1.35 bits per heavy atom. The van der Waals surface area contributed by atoms with Gasteiger partial charge in [0.1, 0.15) is 0 Å². The van der Waals surface area contributed by atoms with Crippen LogP contribution in [-0.4, -0.2) is 11.1 Å². The zero-order chi connectivity index (χ0) is 12.3. The third-order valence-electron chi connectivity index (χ3n) is 2.44. The van der Waals surface area contributed by atoms with E-state index in [0.29, 0.717) is 11.4 Å². The highest BCUT2D eigenvalue weighted by Crippen LogP contribution is 2.32. The van der Waals surface area contributed by atoms with Gasteiger partial charge in [-0.25, -0.2) is 0 Å². The minimum Gasteiger partial charge on any atom is -0.481 e. The van der Waals surface area contributed by atoms with Crippen LogP contribution in [0.3, 0.4) is 0 Å². The van der Waals surface area contributed by atoms with Crippen molar-refractivity contribution in [3.63, 3.8) is 0 Å². The lowest BCUT2D eigenvalue weighted by atomic mass is 10.1. The molecule has 0 aliphatic rings. The van der Waals surface area contributed by atoms with Crippen molar-refractivity contribution in [1.29, 1.82) is 0 Å². The zero-order valence-corrected chi connectivity index (χ0v) is 10.6. The minimum absolute atomic E-state index is 0.144. The summed E-state index contributed by atoms with van der Waals surface area (Å²) in [7, 11) is 0. The Labute approximate surface area is 108 Å². The topological polar surface area (TPSA) is 37.3 Å². The predicted octanol–water partition coefficient (Wildman–Crippen LogP) is 4.09. The van der Waals surface area contributed by atoms with E-state index < -0.39 is 5.97 Å². The Morgan fingerprint density at radius 3 is 2.82 bits per heavy atom. The molecule has 4 heteroatoms. The second-order valence-electron chi connectivity index (χ2n) is 3.69. The normalized spacial score (nSPS) is 10.4. The van der Waals surface area contributed by atoms with E-state index in [1.54, 1.807) is 11.3 Å². The summed E-state index contributed by atoms with van der Waals surface area (Å²) in [6, 6.07) is 9.65. The SMILES string of the molecule is O=C(O)CCc1ccc(Cl)c(-c2cccs2)c1. The molecule has 2 rings (SSSR count). The minimum atomic E-state index is -0.780. The first kappa shape index (κ1) is 12.1. The van der Waals surface area contributed by atoms with Crippen molar-refractivity contribution in [3.8, 4) is 10.4 Å². The molecule has 1 heterocycles. The highest BCUT2D eigenvalue weighted by Gasteiger charge is 2.07. The van der Waals surface area contributed by atoms with Crippen LogP contribution in [0.5, 0.6) is 0 Å². The van der Waals surface area contributed by atoms with Gasteiger partial charge in [0.15, 0.2) is 0 Å². The van der Waals surface area contributed by atoms with Crippen LogP contribution >= 0.6 is 22.9 Å². The van der Waals surface area contributed by atoms with Crippen molar-refractivity contribution < 1.29 is 9.90 Å². The van der Waals surface area contributed by atoms with Crippen LogP contribution in [0, 0.1) is 0 Å². The van der Waals surface area contributed by atoms with Gasteiger partial charge in [-0.1, -0.05) is 23.7 Å². The first-order valence-corrected chi connectivity index (χ1v) is 6.46. The lowest BCUT2D eigenvalue weighted by molar-refractivity contribution is -0.136. The first-order valence-electron chi connectivity index (χ1n) is 5.21. The predicted molar refractivity (Wildman–Crippen MR) is 70.7 cm³/mol. The lowest BCUT2D eigenvalue weighted by Gasteiger charge is -2.05. The number of hydrogen-bond acceptors (Lipinski definition) is 2. The van der Waals surface area contributed by atoms with Gasteiger partial charge < -0.3 is 5.11 Å². The fourth-order valence-corrected chi connectivity index (χ4v) is 2.63. The molecule has 0 spiro atoms. The van der Waals surface area contributed by atoms with E-state index in [4.69, 9.17) is 16.7 Å². The second-order valence-corrected chi connectivity index (χ2v) is 5.04. The van der Waals surface area contributed by atoms with E-state index >= 15 is 0 Å². The van der Waals surface area contributed by atoms with Crippen molar-refractivity contribution in [2.24, 2.45) is 0 Å². The summed E-state index contributed by atoms with van der Waals surface area (Å²) < 4.78 is 0. The third-order valence-corrected chi connectivity index (χ3v) is 3.68. The molecule has 0 bridgehead atoms. The zero-order valence-electron chi connectivity index (χ0n) is 9.02. The number of carboxylic acids is 1. The van der Waals surface area contributed by atoms with E-state index in [2.05, 4.69) is 0 Å². The highest BCUT2D eigenvalue weighted by molar-refractivity contribution is 7.13. The summed E-state index contributed by atoms with van der Waals surface area (Å²) in [6.07, 6.45) is 0.677. The van der Waals surface area contributed by atoms with E-state index in [9.17, 15) is 4.79 Å². The van der Waals surface area contributed by atoms with E-state index in [1.165, 1.54) is 0 Å². The Bertz CT molecular complexity index is 520. The molecule has 0 radical (unpaired) electrons. The molecule has 1 aromatic carbocycles. The maximum absolute atomic E-state index is 10.5. The van der Waals surface area contributed by atoms with Gasteiger partial charge in [-0.3, -0.25) is 4.79 Å². The first-order chi connectivity index (χ1) is 8.16. The molecule has 88 valence electrons. The number of halogens is 1. The summed E-state index contributed by atoms with van der Waals surface area (Å²) >= 11 is 7.76. The number of aliphatic carboxylic acids is 1. The average Bonchev–Trinajstić information content (AvgIpc) is 2.81. The summed E-state index contributed by atoms with van der Waals surface area (Å²) in [4.78, 5) is 11.6. The van der Waals surface area contributed by atoms with E-state index in [1.807, 2.05) is 35.7 Å². The van der Waals surface area contributed by atoms with Crippen molar-refractivity contribution in [3.05, 3.63) is 46.3 Å². The summed E-state index contributed by atoms with van der Waals surface area (Å²) in [5.74, 6) is -0.780. The number of carboxylic acid groups (broad SMARTS) is 1. The maximum atomic E-state index is 10.5. The quantitative estimate of drug-likeness (QED) is 0.905. The van der Waals surface area contributed by atoms with E-state index in [0.717, 1.165) is 16.0 Å². The lowest BCUT2D eigenvalue weighted by Crippen LogP contribution is -1.97. The molecule has 17 heavy (non-hydrogen) atoms. The van der Waals surface area contributed by atoms with Crippen LogP contribution in [0.4, 0.5) is 0 Å². The maximum Gasteiger partial charge on any atom is 0.303 e. The Balaban J connectivity index is 2.27. The van der Waals surface area contributed by atoms with Crippen LogP contribution in [0.1, 0.15) is 12.0 Å². The van der Waals surface area contributed by atoms with Gasteiger partial charge in [0, 0.05) is 21.9 Å². The van der Waals surface area contributed by atoms with Crippen molar-refractivity contribution in [2.75, 3.05) is 0 Å². The Kier molecular flexibility index (Phi) is 3.82. The monoisotopic (exact) mass is 266 g/mol. The fourth-order valence-electron chi connectivity index (χ4n) is 1.60. The van der Waals surface area contributed by atoms with Crippen LogP contribution in [0.25, 0.3) is 10.4 Å². The molecule has 0 unspecified atom stereocenters. The molecule has 2 nitrogen and oxygen atoms in total. The number of carbonyl (C=O) groups is 1.